The van der Waals surface area contributed by atoms with Crippen molar-refractivity contribution in [3.8, 4) is 0 Å². The summed E-state index contributed by atoms with van der Waals surface area (Å²) in [5, 5.41) is 6.80. The maximum absolute atomic E-state index is 13.3. The summed E-state index contributed by atoms with van der Waals surface area (Å²) in [7, 11) is 0. The van der Waals surface area contributed by atoms with E-state index in [1.54, 1.807) is 20.8 Å². The standard InChI is InChI=1S/C26H32N2O4/c1-17(2)23(22-16-19-13-9-10-14-21(19)31-22)28-24(29)20(15-18-11-7-6-8-12-18)27-25(30)32-26(3,4)5/h6-14,16-17,20,23H,15H2,1-5H3,(H,27,30)(H,28,29)/t20-,23-/m0/s1. The van der Waals surface area contributed by atoms with Crippen LogP contribution in [0.3, 0.4) is 0 Å². The van der Waals surface area contributed by atoms with Gasteiger partial charge in [-0.2, -0.15) is 0 Å². The first-order valence-electron chi connectivity index (χ1n) is 10.9. The van der Waals surface area contributed by atoms with E-state index in [4.69, 9.17) is 9.15 Å². The summed E-state index contributed by atoms with van der Waals surface area (Å²) < 4.78 is 11.4. The summed E-state index contributed by atoms with van der Waals surface area (Å²) in [5.74, 6) is 0.475. The van der Waals surface area contributed by atoms with Gasteiger partial charge in [-0.3, -0.25) is 4.79 Å². The molecule has 3 rings (SSSR count). The fourth-order valence-corrected chi connectivity index (χ4v) is 3.48. The Bertz CT molecular complexity index is 1020. The SMILES string of the molecule is CC(C)[C@H](NC(=O)[C@H](Cc1ccccc1)NC(=O)OC(C)(C)C)c1cc2ccccc2o1. The Kier molecular flexibility index (Phi) is 7.23. The molecule has 0 fully saturated rings. The Morgan fingerprint density at radius 2 is 1.62 bits per heavy atom. The van der Waals surface area contributed by atoms with E-state index in [-0.39, 0.29) is 17.9 Å². The molecule has 6 nitrogen and oxygen atoms in total. The van der Waals surface area contributed by atoms with Crippen LogP contribution in [0.5, 0.6) is 0 Å². The van der Waals surface area contributed by atoms with Crippen LogP contribution in [0.2, 0.25) is 0 Å². The van der Waals surface area contributed by atoms with E-state index in [1.165, 1.54) is 0 Å². The van der Waals surface area contributed by atoms with Crippen molar-refractivity contribution in [1.29, 1.82) is 0 Å². The number of furan rings is 1. The largest absolute Gasteiger partial charge is 0.459 e. The monoisotopic (exact) mass is 436 g/mol. The Morgan fingerprint density at radius 1 is 0.969 bits per heavy atom. The fraction of sp³-hybridized carbons (Fsp3) is 0.385. The zero-order chi connectivity index (χ0) is 23.3. The van der Waals surface area contributed by atoms with Crippen LogP contribution in [-0.4, -0.2) is 23.6 Å². The molecule has 0 aliphatic carbocycles. The van der Waals surface area contributed by atoms with Crippen LogP contribution >= 0.6 is 0 Å². The van der Waals surface area contributed by atoms with Gasteiger partial charge in [-0.05, 0) is 44.4 Å². The first-order chi connectivity index (χ1) is 15.1. The van der Waals surface area contributed by atoms with Gasteiger partial charge in [-0.1, -0.05) is 62.4 Å². The summed E-state index contributed by atoms with van der Waals surface area (Å²) in [4.78, 5) is 25.8. The van der Waals surface area contributed by atoms with Crippen LogP contribution in [0.15, 0.2) is 65.1 Å². The normalized spacial score (nSPS) is 13.6. The van der Waals surface area contributed by atoms with Gasteiger partial charge in [0.05, 0.1) is 6.04 Å². The van der Waals surface area contributed by atoms with Gasteiger partial charge in [-0.25, -0.2) is 4.79 Å². The molecule has 0 spiro atoms. The van der Waals surface area contributed by atoms with Crippen LogP contribution in [-0.2, 0) is 16.0 Å². The van der Waals surface area contributed by atoms with Crippen molar-refractivity contribution in [3.63, 3.8) is 0 Å². The lowest BCUT2D eigenvalue weighted by atomic mass is 9.99. The molecule has 0 saturated carbocycles. The molecule has 0 radical (unpaired) electrons. The Hall–Kier alpha value is -3.28. The zero-order valence-corrected chi connectivity index (χ0v) is 19.3. The van der Waals surface area contributed by atoms with Crippen molar-refractivity contribution in [2.45, 2.75) is 58.7 Å². The van der Waals surface area contributed by atoms with Crippen LogP contribution in [0.1, 0.15) is 52.0 Å². The van der Waals surface area contributed by atoms with Gasteiger partial charge in [0.25, 0.3) is 0 Å². The van der Waals surface area contributed by atoms with E-state index >= 15 is 0 Å². The number of carbonyl (C=O) groups excluding carboxylic acids is 2. The second-order valence-corrected chi connectivity index (χ2v) is 9.31. The van der Waals surface area contributed by atoms with Crippen molar-refractivity contribution in [2.24, 2.45) is 5.92 Å². The lowest BCUT2D eigenvalue weighted by Gasteiger charge is -2.26. The number of hydrogen-bond donors (Lipinski definition) is 2. The Labute approximate surface area is 189 Å². The number of nitrogens with one attached hydrogen (secondary N) is 2. The number of ether oxygens (including phenoxy) is 1. The van der Waals surface area contributed by atoms with Crippen molar-refractivity contribution in [2.75, 3.05) is 0 Å². The third-order valence-corrected chi connectivity index (χ3v) is 5.01. The number of benzene rings is 2. The second kappa shape index (κ2) is 9.90. The Balaban J connectivity index is 1.81. The molecule has 32 heavy (non-hydrogen) atoms. The van der Waals surface area contributed by atoms with Crippen molar-refractivity contribution >= 4 is 23.0 Å². The molecule has 0 aliphatic rings. The molecule has 0 aliphatic heterocycles. The quantitative estimate of drug-likeness (QED) is 0.521. The molecule has 2 aromatic carbocycles. The summed E-state index contributed by atoms with van der Waals surface area (Å²) in [6.45, 7) is 9.40. The van der Waals surface area contributed by atoms with Gasteiger partial charge in [-0.15, -0.1) is 0 Å². The minimum absolute atomic E-state index is 0.0819. The molecule has 170 valence electrons. The number of amides is 2. The van der Waals surface area contributed by atoms with Crippen molar-refractivity contribution in [3.05, 3.63) is 72.0 Å². The van der Waals surface area contributed by atoms with Gasteiger partial charge < -0.3 is 19.8 Å². The number of hydrogen-bond acceptors (Lipinski definition) is 4. The van der Waals surface area contributed by atoms with E-state index in [9.17, 15) is 9.59 Å². The van der Waals surface area contributed by atoms with Crippen LogP contribution in [0.25, 0.3) is 11.0 Å². The van der Waals surface area contributed by atoms with Gasteiger partial charge >= 0.3 is 6.09 Å². The molecular formula is C26H32N2O4. The summed E-state index contributed by atoms with van der Waals surface area (Å²) >= 11 is 0. The molecule has 2 N–H and O–H groups in total. The average Bonchev–Trinajstić information content (AvgIpc) is 3.14. The first-order valence-corrected chi connectivity index (χ1v) is 10.9. The third-order valence-electron chi connectivity index (χ3n) is 5.01. The second-order valence-electron chi connectivity index (χ2n) is 9.31. The summed E-state index contributed by atoms with van der Waals surface area (Å²) in [6.07, 6.45) is -0.282. The first kappa shape index (κ1) is 23.4. The van der Waals surface area contributed by atoms with Crippen molar-refractivity contribution < 1.29 is 18.7 Å². The minimum Gasteiger partial charge on any atom is -0.459 e. The maximum Gasteiger partial charge on any atom is 0.408 e. The van der Waals surface area contributed by atoms with Crippen LogP contribution < -0.4 is 10.6 Å². The molecular weight excluding hydrogens is 404 g/mol. The lowest BCUT2D eigenvalue weighted by Crippen LogP contribution is -2.50. The predicted octanol–water partition coefficient (Wildman–Crippen LogP) is 5.38. The maximum atomic E-state index is 13.3. The highest BCUT2D eigenvalue weighted by Gasteiger charge is 2.29. The fourth-order valence-electron chi connectivity index (χ4n) is 3.48. The number of fused-ring (bicyclic) bond motifs is 1. The van der Waals surface area contributed by atoms with Gasteiger partial charge in [0.15, 0.2) is 0 Å². The molecule has 3 aromatic rings. The average molecular weight is 437 g/mol. The van der Waals surface area contributed by atoms with Crippen LogP contribution in [0, 0.1) is 5.92 Å². The van der Waals surface area contributed by atoms with E-state index in [0.29, 0.717) is 12.2 Å². The van der Waals surface area contributed by atoms with Gasteiger partial charge in [0.2, 0.25) is 5.91 Å². The molecule has 6 heteroatoms. The number of rotatable bonds is 7. The smallest absolute Gasteiger partial charge is 0.408 e. The molecule has 2 atom stereocenters. The molecule has 0 unspecified atom stereocenters. The highest BCUT2D eigenvalue weighted by Crippen LogP contribution is 2.28. The topological polar surface area (TPSA) is 80.6 Å². The predicted molar refractivity (Wildman–Crippen MR) is 125 cm³/mol. The third kappa shape index (κ3) is 6.36. The molecule has 0 bridgehead atoms. The Morgan fingerprint density at radius 3 is 2.25 bits per heavy atom. The summed E-state index contributed by atoms with van der Waals surface area (Å²) in [5.41, 5.74) is 1.05. The van der Waals surface area contributed by atoms with Crippen LogP contribution in [0.4, 0.5) is 4.79 Å². The number of carbonyl (C=O) groups is 2. The van der Waals surface area contributed by atoms with E-state index in [2.05, 4.69) is 10.6 Å². The number of alkyl carbamates (subject to hydrolysis) is 1. The zero-order valence-electron chi connectivity index (χ0n) is 19.3. The van der Waals surface area contributed by atoms with E-state index in [0.717, 1.165) is 16.5 Å². The van der Waals surface area contributed by atoms with E-state index in [1.807, 2.05) is 74.5 Å². The van der Waals surface area contributed by atoms with Gasteiger partial charge in [0, 0.05) is 11.8 Å². The number of para-hydroxylation sites is 1. The van der Waals surface area contributed by atoms with E-state index < -0.39 is 17.7 Å². The minimum atomic E-state index is -0.794. The molecule has 1 heterocycles. The van der Waals surface area contributed by atoms with Crippen molar-refractivity contribution in [1.82, 2.24) is 10.6 Å². The van der Waals surface area contributed by atoms with Gasteiger partial charge in [0.1, 0.15) is 23.0 Å². The summed E-state index contributed by atoms with van der Waals surface area (Å²) in [6, 6.07) is 18.1. The lowest BCUT2D eigenvalue weighted by molar-refractivity contribution is -0.124. The molecule has 2 amide bonds. The highest BCUT2D eigenvalue weighted by atomic mass is 16.6. The highest BCUT2D eigenvalue weighted by molar-refractivity contribution is 5.86. The molecule has 1 aromatic heterocycles. The molecule has 0 saturated heterocycles.